The van der Waals surface area contributed by atoms with E-state index in [0.717, 1.165) is 42.3 Å². The monoisotopic (exact) mass is 693 g/mol. The number of hydrogen-bond donors (Lipinski definition) is 3. The van der Waals surface area contributed by atoms with E-state index in [2.05, 4.69) is 22.8 Å². The summed E-state index contributed by atoms with van der Waals surface area (Å²) in [5.74, 6) is -1.20. The molecule has 3 aromatic rings. The Bertz CT molecular complexity index is 1710. The van der Waals surface area contributed by atoms with E-state index in [1.54, 1.807) is 32.4 Å². The lowest BCUT2D eigenvalue weighted by Crippen LogP contribution is -2.45. The molecule has 1 aliphatic rings. The van der Waals surface area contributed by atoms with E-state index >= 15 is 0 Å². The average Bonchev–Trinajstić information content (AvgIpc) is 3.30. The number of carbonyl (C=O) groups is 4. The first-order valence-corrected chi connectivity index (χ1v) is 17.3. The molecule has 2 heterocycles. The van der Waals surface area contributed by atoms with Gasteiger partial charge in [0.1, 0.15) is 11.6 Å². The Kier molecular flexibility index (Phi) is 13.4. The van der Waals surface area contributed by atoms with Crippen LogP contribution < -0.4 is 22.1 Å². The highest BCUT2D eigenvalue weighted by atomic mass is 16.6. The molecule has 1 saturated heterocycles. The molecule has 3 atom stereocenters. The number of alkyl carbamates (subject to hydrolysis) is 1. The lowest BCUT2D eigenvalue weighted by molar-refractivity contribution is -0.135. The second-order valence-corrected chi connectivity index (χ2v) is 13.9. The fourth-order valence-corrected chi connectivity index (χ4v) is 6.12. The molecule has 1 aliphatic heterocycles. The third kappa shape index (κ3) is 10.8. The van der Waals surface area contributed by atoms with Gasteiger partial charge in [-0.05, 0) is 89.0 Å². The number of piperidine rings is 1. The summed E-state index contributed by atoms with van der Waals surface area (Å²) >= 11 is 0. The maximum Gasteiger partial charge on any atom is 0.407 e. The average molecular weight is 694 g/mol. The predicted octanol–water partition coefficient (Wildman–Crippen LogP) is 3.96. The van der Waals surface area contributed by atoms with Gasteiger partial charge in [-0.25, -0.2) is 9.59 Å². The number of hydrogen-bond acceptors (Lipinski definition) is 8. The van der Waals surface area contributed by atoms with Crippen molar-refractivity contribution < 1.29 is 33.4 Å². The first kappa shape index (κ1) is 38.3. The Labute approximate surface area is 292 Å². The minimum Gasteiger partial charge on any atom is -0.444 e. The summed E-state index contributed by atoms with van der Waals surface area (Å²) in [7, 11) is 1.71. The third-order valence-electron chi connectivity index (χ3n) is 8.70. The molecular formula is C37H51N5O8. The van der Waals surface area contributed by atoms with Gasteiger partial charge < -0.3 is 25.3 Å². The maximum absolute atomic E-state index is 13.1. The van der Waals surface area contributed by atoms with Gasteiger partial charge in [0.2, 0.25) is 17.7 Å². The van der Waals surface area contributed by atoms with Crippen LogP contribution in [0.2, 0.25) is 0 Å². The number of fused-ring (bicyclic) bond motifs is 1. The quantitative estimate of drug-likeness (QED) is 0.141. The van der Waals surface area contributed by atoms with Crippen LogP contribution >= 0.6 is 0 Å². The van der Waals surface area contributed by atoms with E-state index in [9.17, 15) is 24.0 Å². The van der Waals surface area contributed by atoms with Crippen LogP contribution in [0.1, 0.15) is 89.0 Å². The third-order valence-corrected chi connectivity index (χ3v) is 8.70. The molecule has 0 radical (unpaired) electrons. The highest BCUT2D eigenvalue weighted by Gasteiger charge is 2.31. The summed E-state index contributed by atoms with van der Waals surface area (Å²) in [6, 6.07) is 12.8. The number of primary amides is 1. The molecule has 0 bridgehead atoms. The molecule has 4 N–H and O–H groups in total. The number of carbonyl (C=O) groups excluding carboxylic acids is 4. The van der Waals surface area contributed by atoms with Gasteiger partial charge in [0, 0.05) is 33.1 Å². The maximum atomic E-state index is 13.1. The van der Waals surface area contributed by atoms with Crippen molar-refractivity contribution in [2.75, 3.05) is 13.2 Å². The van der Waals surface area contributed by atoms with E-state index < -0.39 is 35.6 Å². The zero-order valence-electron chi connectivity index (χ0n) is 29.8. The molecule has 1 fully saturated rings. The molecule has 4 rings (SSSR count). The first-order valence-electron chi connectivity index (χ1n) is 17.3. The summed E-state index contributed by atoms with van der Waals surface area (Å²) in [6.45, 7) is 8.74. The number of nitrogens with two attached hydrogens (primary N) is 1. The van der Waals surface area contributed by atoms with Gasteiger partial charge in [0.25, 0.3) is 0 Å². The molecule has 13 heteroatoms. The van der Waals surface area contributed by atoms with Gasteiger partial charge in [-0.3, -0.25) is 28.8 Å². The number of imidazole rings is 1. The van der Waals surface area contributed by atoms with Gasteiger partial charge in [0.05, 0.1) is 29.8 Å². The van der Waals surface area contributed by atoms with Crippen molar-refractivity contribution in [2.45, 2.75) is 109 Å². The smallest absolute Gasteiger partial charge is 0.407 e. The van der Waals surface area contributed by atoms with Crippen LogP contribution in [0.25, 0.3) is 11.0 Å². The number of aryl methyl sites for hydroxylation is 3. The summed E-state index contributed by atoms with van der Waals surface area (Å²) in [5, 5.41) is 5.16. The lowest BCUT2D eigenvalue weighted by Gasteiger charge is -2.27. The number of nitrogens with one attached hydrogen (secondary N) is 2. The minimum absolute atomic E-state index is 0.119. The van der Waals surface area contributed by atoms with Crippen LogP contribution in [0, 0.1) is 0 Å². The largest absolute Gasteiger partial charge is 0.444 e. The molecular weight excluding hydrogens is 642 g/mol. The van der Waals surface area contributed by atoms with Crippen molar-refractivity contribution >= 4 is 34.8 Å². The number of imide groups is 1. The number of rotatable bonds is 17. The second kappa shape index (κ2) is 17.4. The number of amides is 4. The van der Waals surface area contributed by atoms with Crippen LogP contribution in [-0.4, -0.2) is 63.9 Å². The summed E-state index contributed by atoms with van der Waals surface area (Å²) in [4.78, 5) is 61.0. The molecule has 0 saturated carbocycles. The fourth-order valence-electron chi connectivity index (χ4n) is 6.12. The minimum atomic E-state index is -0.705. The lowest BCUT2D eigenvalue weighted by atomic mass is 10.0. The molecule has 4 amide bonds. The standard InChI is InChI=1S/C37H51N5O8/c1-24(28(17-19-31(38)43)39-35(46)50-37(2,3)4)49-23-26-15-13-25(14-16-26)9-7-21-48-22-8-11-27-10-6-12-29-33(27)41(5)36(47)42(29)30-18-20-32(44)40-34(30)45/h6,10,12-16,24,28,30H,7-9,11,17-23H2,1-5H3,(H2,38,43)(H,39,46)(H,40,44,45)/t24-,28+,30?/m1/s1. The van der Waals surface area contributed by atoms with Gasteiger partial charge in [0.15, 0.2) is 0 Å². The molecule has 50 heavy (non-hydrogen) atoms. The number of nitrogens with zero attached hydrogens (tertiary/aromatic N) is 2. The Morgan fingerprint density at radius 3 is 2.36 bits per heavy atom. The highest BCUT2D eigenvalue weighted by Crippen LogP contribution is 2.25. The molecule has 1 unspecified atom stereocenters. The van der Waals surface area contributed by atoms with Crippen LogP contribution in [0.15, 0.2) is 47.3 Å². The number of ether oxygens (including phenoxy) is 3. The van der Waals surface area contributed by atoms with E-state index in [1.165, 1.54) is 10.1 Å². The Balaban J connectivity index is 1.19. The second-order valence-electron chi connectivity index (χ2n) is 13.9. The fraction of sp³-hybridized carbons (Fsp3) is 0.541. The van der Waals surface area contributed by atoms with Crippen LogP contribution in [0.5, 0.6) is 0 Å². The van der Waals surface area contributed by atoms with Crippen molar-refractivity contribution in [3.8, 4) is 0 Å². The van der Waals surface area contributed by atoms with E-state index in [0.29, 0.717) is 38.2 Å². The van der Waals surface area contributed by atoms with Crippen LogP contribution in [0.3, 0.4) is 0 Å². The van der Waals surface area contributed by atoms with Crippen molar-refractivity contribution in [1.29, 1.82) is 0 Å². The molecule has 13 nitrogen and oxygen atoms in total. The SMILES string of the molecule is C[C@@H](OCc1ccc(CCCOCCCc2cccc3c2n(C)c(=O)n3C2CCC(=O)NC2=O)cc1)[C@H](CCC(N)=O)NC(=O)OC(C)(C)C. The number of benzene rings is 2. The van der Waals surface area contributed by atoms with Gasteiger partial charge >= 0.3 is 11.8 Å². The van der Waals surface area contributed by atoms with Crippen LogP contribution in [-0.2, 0) is 55.1 Å². The number of para-hydroxylation sites is 1. The van der Waals surface area contributed by atoms with E-state index in [1.807, 2.05) is 37.3 Å². The summed E-state index contributed by atoms with van der Waals surface area (Å²) in [5.41, 5.74) is 9.09. The topological polar surface area (TPSA) is 173 Å². The summed E-state index contributed by atoms with van der Waals surface area (Å²) < 4.78 is 20.4. The van der Waals surface area contributed by atoms with Crippen molar-refractivity contribution in [1.82, 2.24) is 19.8 Å². The van der Waals surface area contributed by atoms with Crippen molar-refractivity contribution in [2.24, 2.45) is 12.8 Å². The zero-order chi connectivity index (χ0) is 36.4. The van der Waals surface area contributed by atoms with Gasteiger partial charge in [-0.1, -0.05) is 36.4 Å². The van der Waals surface area contributed by atoms with E-state index in [-0.39, 0.29) is 30.5 Å². The molecule has 2 aromatic carbocycles. The zero-order valence-corrected chi connectivity index (χ0v) is 29.8. The molecule has 0 aliphatic carbocycles. The van der Waals surface area contributed by atoms with Gasteiger partial charge in [-0.2, -0.15) is 0 Å². The van der Waals surface area contributed by atoms with Crippen molar-refractivity contribution in [3.63, 3.8) is 0 Å². The van der Waals surface area contributed by atoms with E-state index in [4.69, 9.17) is 19.9 Å². The molecule has 272 valence electrons. The van der Waals surface area contributed by atoms with Gasteiger partial charge in [-0.15, -0.1) is 0 Å². The Morgan fingerprint density at radius 2 is 1.70 bits per heavy atom. The Morgan fingerprint density at radius 1 is 1.02 bits per heavy atom. The number of aromatic nitrogens is 2. The predicted molar refractivity (Wildman–Crippen MR) is 188 cm³/mol. The molecule has 0 spiro atoms. The highest BCUT2D eigenvalue weighted by molar-refractivity contribution is 6.00. The molecule has 1 aromatic heterocycles. The van der Waals surface area contributed by atoms with Crippen molar-refractivity contribution in [3.05, 3.63) is 69.6 Å². The van der Waals surface area contributed by atoms with Crippen LogP contribution in [0.4, 0.5) is 4.79 Å². The Hall–Kier alpha value is -4.49. The first-order chi connectivity index (χ1) is 23.7. The summed E-state index contributed by atoms with van der Waals surface area (Å²) in [6.07, 6.45) is 3.25. The normalized spacial score (nSPS) is 16.2.